The minimum absolute atomic E-state index is 0.0501. The van der Waals surface area contributed by atoms with Gasteiger partial charge in [-0.1, -0.05) is 42.3 Å². The number of hydrogen-bond donors (Lipinski definition) is 0. The summed E-state index contributed by atoms with van der Waals surface area (Å²) in [6, 6.07) is 19.6. The molecule has 1 amide bonds. The van der Waals surface area contributed by atoms with Crippen LogP contribution in [0, 0.1) is 0 Å². The Morgan fingerprint density at radius 2 is 1.49 bits per heavy atom. The molecule has 3 aromatic carbocycles. The molecule has 2 unspecified atom stereocenters. The molecule has 0 aliphatic carbocycles. The maximum absolute atomic E-state index is 13.3. The molecular weight excluding hydrogens is 506 g/mol. The number of piperidine rings is 1. The number of benzene rings is 3. The van der Waals surface area contributed by atoms with E-state index in [9.17, 15) is 13.2 Å². The van der Waals surface area contributed by atoms with E-state index < -0.39 is 10.0 Å². The van der Waals surface area contributed by atoms with Crippen LogP contribution >= 0.6 is 11.6 Å². The molecule has 0 bridgehead atoms. The summed E-state index contributed by atoms with van der Waals surface area (Å²) in [5.74, 6) is -0.0501. The van der Waals surface area contributed by atoms with Gasteiger partial charge >= 0.3 is 0 Å². The van der Waals surface area contributed by atoms with E-state index in [0.717, 1.165) is 17.3 Å². The molecule has 2 atom stereocenters. The fraction of sp³-hybridized carbons (Fsp3) is 0.414. The van der Waals surface area contributed by atoms with E-state index in [4.69, 9.17) is 11.6 Å². The van der Waals surface area contributed by atoms with Gasteiger partial charge in [0.25, 0.3) is 5.91 Å². The lowest BCUT2D eigenvalue weighted by Gasteiger charge is -2.39. The van der Waals surface area contributed by atoms with Crippen LogP contribution in [0.15, 0.2) is 65.6 Å². The Hall–Kier alpha value is -2.45. The van der Waals surface area contributed by atoms with Crippen LogP contribution in [0.5, 0.6) is 0 Å². The Bertz CT molecular complexity index is 1380. The summed E-state index contributed by atoms with van der Waals surface area (Å²) in [4.78, 5) is 17.7. The van der Waals surface area contributed by atoms with Gasteiger partial charge in [-0.3, -0.25) is 9.69 Å². The maximum atomic E-state index is 13.3. The molecule has 5 rings (SSSR count). The Kier molecular flexibility index (Phi) is 7.59. The van der Waals surface area contributed by atoms with Crippen molar-refractivity contribution in [3.8, 4) is 0 Å². The molecular formula is C29H34ClN3O3S. The molecule has 2 aliphatic rings. The molecule has 0 saturated carbocycles. The highest BCUT2D eigenvalue weighted by Gasteiger charge is 2.31. The van der Waals surface area contributed by atoms with Crippen molar-refractivity contribution in [1.82, 2.24) is 14.1 Å². The first-order chi connectivity index (χ1) is 17.7. The number of amides is 1. The Morgan fingerprint density at radius 3 is 2.16 bits per heavy atom. The normalized spacial score (nSPS) is 21.9. The van der Waals surface area contributed by atoms with Gasteiger partial charge in [0.1, 0.15) is 0 Å². The second-order valence-corrected chi connectivity index (χ2v) is 12.7. The van der Waals surface area contributed by atoms with Gasteiger partial charge in [-0.05, 0) is 79.4 Å². The minimum atomic E-state index is -3.65. The monoisotopic (exact) mass is 539 g/mol. The van der Waals surface area contributed by atoms with Gasteiger partial charge < -0.3 is 4.90 Å². The first-order valence-corrected chi connectivity index (χ1v) is 14.9. The predicted molar refractivity (Wildman–Crippen MR) is 148 cm³/mol. The van der Waals surface area contributed by atoms with Crippen molar-refractivity contribution >= 4 is 38.3 Å². The Labute approximate surface area is 224 Å². The van der Waals surface area contributed by atoms with E-state index in [1.807, 2.05) is 24.3 Å². The average Bonchev–Trinajstić information content (AvgIpc) is 2.90. The Morgan fingerprint density at radius 1 is 0.865 bits per heavy atom. The van der Waals surface area contributed by atoms with Crippen LogP contribution in [-0.4, -0.2) is 66.7 Å². The van der Waals surface area contributed by atoms with Crippen molar-refractivity contribution in [3.05, 3.63) is 76.8 Å². The maximum Gasteiger partial charge on any atom is 0.253 e. The second kappa shape index (κ2) is 10.7. The van der Waals surface area contributed by atoms with E-state index in [1.54, 1.807) is 29.2 Å². The van der Waals surface area contributed by atoms with Gasteiger partial charge in [-0.25, -0.2) is 8.42 Å². The van der Waals surface area contributed by atoms with Crippen LogP contribution < -0.4 is 0 Å². The Balaban J connectivity index is 1.21. The molecule has 8 heteroatoms. The third-order valence-electron chi connectivity index (χ3n) is 7.88. The minimum Gasteiger partial charge on any atom is -0.336 e. The van der Waals surface area contributed by atoms with E-state index in [1.165, 1.54) is 29.1 Å². The highest BCUT2D eigenvalue weighted by molar-refractivity contribution is 7.89. The topological polar surface area (TPSA) is 60.9 Å². The fourth-order valence-electron chi connectivity index (χ4n) is 5.57. The number of hydrogen-bond acceptors (Lipinski definition) is 4. The molecule has 0 aromatic heterocycles. The summed E-state index contributed by atoms with van der Waals surface area (Å²) in [7, 11) is -3.65. The first-order valence-electron chi connectivity index (χ1n) is 13.1. The van der Waals surface area contributed by atoms with Gasteiger partial charge in [0.05, 0.1) is 4.90 Å². The van der Waals surface area contributed by atoms with E-state index in [0.29, 0.717) is 35.8 Å². The lowest BCUT2D eigenvalue weighted by molar-refractivity contribution is 0.0697. The number of likely N-dealkylation sites (tertiary alicyclic amines) is 1. The number of carbonyl (C=O) groups is 1. The summed E-state index contributed by atoms with van der Waals surface area (Å²) >= 11 is 6.05. The van der Waals surface area contributed by atoms with Crippen molar-refractivity contribution in [2.24, 2.45) is 0 Å². The summed E-state index contributed by atoms with van der Waals surface area (Å²) in [5, 5.41) is 2.34. The first kappa shape index (κ1) is 26.2. The van der Waals surface area contributed by atoms with Crippen LogP contribution in [-0.2, 0) is 16.6 Å². The highest BCUT2D eigenvalue weighted by Crippen LogP contribution is 2.26. The average molecular weight is 540 g/mol. The molecule has 2 saturated heterocycles. The van der Waals surface area contributed by atoms with Crippen molar-refractivity contribution in [2.75, 3.05) is 26.2 Å². The van der Waals surface area contributed by atoms with Crippen LogP contribution in [0.3, 0.4) is 0 Å². The third-order valence-corrected chi connectivity index (χ3v) is 10.0. The van der Waals surface area contributed by atoms with Crippen molar-refractivity contribution in [3.63, 3.8) is 0 Å². The number of carbonyl (C=O) groups excluding carboxylic acids is 1. The van der Waals surface area contributed by atoms with Gasteiger partial charge in [0, 0.05) is 55.4 Å². The molecule has 0 spiro atoms. The zero-order valence-electron chi connectivity index (χ0n) is 21.4. The fourth-order valence-corrected chi connectivity index (χ4v) is 7.21. The molecule has 0 radical (unpaired) electrons. The van der Waals surface area contributed by atoms with Crippen molar-refractivity contribution < 1.29 is 13.2 Å². The number of fused-ring (bicyclic) bond motifs is 1. The smallest absolute Gasteiger partial charge is 0.253 e. The van der Waals surface area contributed by atoms with Gasteiger partial charge in [0.2, 0.25) is 10.0 Å². The standard InChI is InChI=1S/C29H34ClN3O3S/c1-21-4-3-5-22(2)33(21)20-23-6-8-24(9-7-23)29(34)31-14-16-32(17-15-31)37(35,36)28-13-11-25-18-27(30)12-10-26(25)19-28/h6-13,18-19,21-22H,3-5,14-17,20H2,1-2H3. The summed E-state index contributed by atoms with van der Waals surface area (Å²) in [5.41, 5.74) is 1.86. The summed E-state index contributed by atoms with van der Waals surface area (Å²) < 4.78 is 28.0. The molecule has 6 nitrogen and oxygen atoms in total. The number of rotatable bonds is 5. The largest absolute Gasteiger partial charge is 0.336 e. The predicted octanol–water partition coefficient (Wildman–Crippen LogP) is 5.40. The van der Waals surface area contributed by atoms with Crippen molar-refractivity contribution in [1.29, 1.82) is 0 Å². The number of sulfonamides is 1. The highest BCUT2D eigenvalue weighted by atomic mass is 35.5. The van der Waals surface area contributed by atoms with Crippen LogP contribution in [0.25, 0.3) is 10.8 Å². The third kappa shape index (κ3) is 5.55. The van der Waals surface area contributed by atoms with Crippen LogP contribution in [0.2, 0.25) is 5.02 Å². The quantitative estimate of drug-likeness (QED) is 0.435. The molecule has 2 heterocycles. The second-order valence-electron chi connectivity index (χ2n) is 10.3. The molecule has 2 fully saturated rings. The van der Waals surface area contributed by atoms with Gasteiger partial charge in [0.15, 0.2) is 0 Å². The van der Waals surface area contributed by atoms with E-state index in [-0.39, 0.29) is 23.9 Å². The van der Waals surface area contributed by atoms with Gasteiger partial charge in [-0.2, -0.15) is 4.31 Å². The molecule has 196 valence electrons. The van der Waals surface area contributed by atoms with Crippen molar-refractivity contribution in [2.45, 2.75) is 56.6 Å². The SMILES string of the molecule is CC1CCCC(C)N1Cc1ccc(C(=O)N2CCN(S(=O)(=O)c3ccc4cc(Cl)ccc4c3)CC2)cc1. The number of piperazine rings is 1. The lowest BCUT2D eigenvalue weighted by Crippen LogP contribution is -2.50. The van der Waals surface area contributed by atoms with Crippen LogP contribution in [0.4, 0.5) is 0 Å². The van der Waals surface area contributed by atoms with E-state index >= 15 is 0 Å². The van der Waals surface area contributed by atoms with Gasteiger partial charge in [-0.15, -0.1) is 0 Å². The lowest BCUT2D eigenvalue weighted by atomic mass is 9.96. The summed E-state index contributed by atoms with van der Waals surface area (Å²) in [6.45, 7) is 6.77. The zero-order valence-corrected chi connectivity index (χ0v) is 23.0. The number of nitrogens with zero attached hydrogens (tertiary/aromatic N) is 3. The number of halogens is 1. The molecule has 2 aliphatic heterocycles. The molecule has 0 N–H and O–H groups in total. The molecule has 3 aromatic rings. The summed E-state index contributed by atoms with van der Waals surface area (Å²) in [6.07, 6.45) is 3.76. The van der Waals surface area contributed by atoms with E-state index in [2.05, 4.69) is 30.9 Å². The van der Waals surface area contributed by atoms with Crippen LogP contribution in [0.1, 0.15) is 49.0 Å². The molecule has 37 heavy (non-hydrogen) atoms. The zero-order chi connectivity index (χ0) is 26.2.